The predicted octanol–water partition coefficient (Wildman–Crippen LogP) is 6.09. The van der Waals surface area contributed by atoms with E-state index in [4.69, 9.17) is 18.1 Å². The molecule has 0 aromatic heterocycles. The predicted molar refractivity (Wildman–Crippen MR) is 97.7 cm³/mol. The van der Waals surface area contributed by atoms with Crippen LogP contribution in [0.3, 0.4) is 0 Å². The van der Waals surface area contributed by atoms with Crippen molar-refractivity contribution in [2.45, 2.75) is 92.6 Å². The summed E-state index contributed by atoms with van der Waals surface area (Å²) in [7, 11) is -1.56. The molecular weight excluding hydrogens is 318 g/mol. The van der Waals surface area contributed by atoms with E-state index >= 15 is 0 Å². The van der Waals surface area contributed by atoms with E-state index < -0.39 is 16.8 Å². The third-order valence-corrected chi connectivity index (χ3v) is 6.23. The van der Waals surface area contributed by atoms with Gasteiger partial charge in [0.15, 0.2) is 16.8 Å². The van der Waals surface area contributed by atoms with E-state index in [2.05, 4.69) is 55.4 Å². The van der Waals surface area contributed by atoms with Crippen molar-refractivity contribution in [3.05, 3.63) is 0 Å². The largest absolute Gasteiger partial charge is 0.331 e. The van der Waals surface area contributed by atoms with Gasteiger partial charge in [0.2, 0.25) is 0 Å². The van der Waals surface area contributed by atoms with Gasteiger partial charge < -0.3 is 18.1 Å². The highest BCUT2D eigenvalue weighted by molar-refractivity contribution is 7.47. The molecule has 0 aromatic carbocycles. The van der Waals surface area contributed by atoms with E-state index in [0.29, 0.717) is 0 Å². The Bertz CT molecular complexity index is 215. The lowest BCUT2D eigenvalue weighted by Gasteiger charge is -2.23. The van der Waals surface area contributed by atoms with Gasteiger partial charge in [-0.3, -0.25) is 0 Å². The fraction of sp³-hybridized carbons (Fsp3) is 1.00. The van der Waals surface area contributed by atoms with Crippen LogP contribution in [0.15, 0.2) is 0 Å². The fourth-order valence-corrected chi connectivity index (χ4v) is 5.05. The molecule has 0 radical (unpaired) electrons. The Morgan fingerprint density at radius 2 is 0.727 bits per heavy atom. The zero-order valence-electron chi connectivity index (χ0n) is 15.7. The van der Waals surface area contributed by atoms with Crippen molar-refractivity contribution >= 4 is 16.8 Å². The second-order valence-electron chi connectivity index (χ2n) is 6.44. The van der Waals surface area contributed by atoms with Gasteiger partial charge in [-0.2, -0.15) is 0 Å². The van der Waals surface area contributed by atoms with Crippen LogP contribution in [0.4, 0.5) is 0 Å². The molecule has 0 aliphatic heterocycles. The topological polar surface area (TPSA) is 36.9 Å². The van der Waals surface area contributed by atoms with Gasteiger partial charge in [-0.05, 0) is 68.2 Å². The van der Waals surface area contributed by atoms with Crippen LogP contribution >= 0.6 is 16.8 Å². The minimum atomic E-state index is -0.778. The molecule has 0 aliphatic rings. The van der Waals surface area contributed by atoms with Crippen molar-refractivity contribution in [1.29, 1.82) is 0 Å². The zero-order valence-corrected chi connectivity index (χ0v) is 17.5. The summed E-state index contributed by atoms with van der Waals surface area (Å²) in [5, 5.41) is 0. The van der Waals surface area contributed by atoms with Crippen LogP contribution in [0.1, 0.15) is 68.2 Å². The first-order chi connectivity index (χ1) is 10.2. The molecule has 0 bridgehead atoms. The molecule has 0 fully saturated rings. The van der Waals surface area contributed by atoms with E-state index in [1.165, 1.54) is 0 Å². The lowest BCUT2D eigenvalue weighted by atomic mass is 10.4. The first-order valence-corrected chi connectivity index (χ1v) is 11.1. The second-order valence-corrected chi connectivity index (χ2v) is 9.51. The second kappa shape index (κ2) is 13.0. The first kappa shape index (κ1) is 22.7. The summed E-state index contributed by atoms with van der Waals surface area (Å²) >= 11 is 0. The average Bonchev–Trinajstić information content (AvgIpc) is 2.31. The quantitative estimate of drug-likeness (QED) is 0.296. The normalized spacial score (nSPS) is 12.8. The third kappa shape index (κ3) is 14.3. The molecule has 0 aromatic rings. The number of hydrogen-bond acceptors (Lipinski definition) is 4. The zero-order chi connectivity index (χ0) is 17.1. The fourth-order valence-electron chi connectivity index (χ4n) is 1.68. The van der Waals surface area contributed by atoms with Crippen molar-refractivity contribution in [1.82, 2.24) is 0 Å². The molecule has 0 heterocycles. The summed E-state index contributed by atoms with van der Waals surface area (Å²) in [6.07, 6.45) is 5.02. The molecule has 4 nitrogen and oxygen atoms in total. The summed E-state index contributed by atoms with van der Waals surface area (Å²) in [6.45, 7) is 16.5. The van der Waals surface area contributed by atoms with Gasteiger partial charge in [0.1, 0.15) is 0 Å². The molecule has 0 rings (SSSR count). The van der Waals surface area contributed by atoms with Crippen molar-refractivity contribution in [2.75, 3.05) is 12.3 Å². The molecule has 0 atom stereocenters. The molecule has 0 saturated carbocycles. The van der Waals surface area contributed by atoms with E-state index in [0.717, 1.165) is 25.2 Å². The van der Waals surface area contributed by atoms with E-state index in [9.17, 15) is 0 Å². The summed E-state index contributed by atoms with van der Waals surface area (Å²) in [4.78, 5) is 0. The molecule has 134 valence electrons. The molecule has 0 amide bonds. The van der Waals surface area contributed by atoms with Crippen molar-refractivity contribution in [3.63, 3.8) is 0 Å². The maximum atomic E-state index is 5.88. The van der Waals surface area contributed by atoms with Crippen LogP contribution < -0.4 is 0 Å². The maximum absolute atomic E-state index is 5.88. The summed E-state index contributed by atoms with van der Waals surface area (Å²) in [5.41, 5.74) is 0. The highest BCUT2D eigenvalue weighted by Gasteiger charge is 2.17. The SMILES string of the molecule is CC(C)OP(CCCCP(OC(C)C)OC(C)C)OC(C)C. The Hall–Kier alpha value is 0.700. The van der Waals surface area contributed by atoms with Gasteiger partial charge in [-0.1, -0.05) is 0 Å². The smallest absolute Gasteiger partial charge is 0.170 e. The summed E-state index contributed by atoms with van der Waals surface area (Å²) in [6, 6.07) is 0. The third-order valence-electron chi connectivity index (χ3n) is 2.24. The molecule has 0 saturated heterocycles. The highest BCUT2D eigenvalue weighted by atomic mass is 31.2. The Morgan fingerprint density at radius 1 is 0.500 bits per heavy atom. The minimum absolute atomic E-state index is 0.218. The molecule has 0 aliphatic carbocycles. The summed E-state index contributed by atoms with van der Waals surface area (Å²) in [5.74, 6) is 0. The summed E-state index contributed by atoms with van der Waals surface area (Å²) < 4.78 is 23.5. The molecule has 22 heavy (non-hydrogen) atoms. The van der Waals surface area contributed by atoms with Gasteiger partial charge in [-0.15, -0.1) is 0 Å². The van der Waals surface area contributed by atoms with Crippen molar-refractivity contribution in [3.8, 4) is 0 Å². The Labute approximate surface area is 140 Å². The maximum Gasteiger partial charge on any atom is 0.170 e. The van der Waals surface area contributed by atoms with Gasteiger partial charge >= 0.3 is 0 Å². The van der Waals surface area contributed by atoms with Crippen LogP contribution in [-0.4, -0.2) is 36.7 Å². The monoisotopic (exact) mass is 354 g/mol. The molecule has 0 spiro atoms. The Balaban J connectivity index is 4.10. The minimum Gasteiger partial charge on any atom is -0.331 e. The lowest BCUT2D eigenvalue weighted by Crippen LogP contribution is -2.08. The van der Waals surface area contributed by atoms with Crippen LogP contribution in [0, 0.1) is 0 Å². The van der Waals surface area contributed by atoms with Gasteiger partial charge in [0.05, 0.1) is 24.4 Å². The first-order valence-electron chi connectivity index (χ1n) is 8.42. The number of rotatable bonds is 13. The molecular formula is C16H36O4P2. The van der Waals surface area contributed by atoms with Crippen LogP contribution in [0.5, 0.6) is 0 Å². The van der Waals surface area contributed by atoms with Crippen molar-refractivity contribution < 1.29 is 18.1 Å². The molecule has 6 heteroatoms. The van der Waals surface area contributed by atoms with Crippen molar-refractivity contribution in [2.24, 2.45) is 0 Å². The molecule has 0 unspecified atom stereocenters. The van der Waals surface area contributed by atoms with E-state index in [1.54, 1.807) is 0 Å². The Kier molecular flexibility index (Phi) is 13.5. The number of unbranched alkanes of at least 4 members (excludes halogenated alkanes) is 1. The van der Waals surface area contributed by atoms with E-state index in [-0.39, 0.29) is 24.4 Å². The highest BCUT2D eigenvalue weighted by Crippen LogP contribution is 2.44. The van der Waals surface area contributed by atoms with Gasteiger partial charge in [0.25, 0.3) is 0 Å². The van der Waals surface area contributed by atoms with Gasteiger partial charge in [0, 0.05) is 12.3 Å². The Morgan fingerprint density at radius 3 is 0.909 bits per heavy atom. The van der Waals surface area contributed by atoms with Gasteiger partial charge in [-0.25, -0.2) is 0 Å². The van der Waals surface area contributed by atoms with Crippen LogP contribution in [0.2, 0.25) is 0 Å². The lowest BCUT2D eigenvalue weighted by molar-refractivity contribution is 0.174. The van der Waals surface area contributed by atoms with Crippen LogP contribution in [-0.2, 0) is 18.1 Å². The van der Waals surface area contributed by atoms with E-state index in [1.807, 2.05) is 0 Å². The molecule has 0 N–H and O–H groups in total. The standard InChI is InChI=1S/C16H36O4P2/c1-13(2)17-21(18-14(3)4)11-9-10-12-22(19-15(5)6)20-16(7)8/h13-16H,9-12H2,1-8H3. The number of hydrogen-bond donors (Lipinski definition) is 0. The average molecular weight is 354 g/mol. The van der Waals surface area contributed by atoms with Crippen LogP contribution in [0.25, 0.3) is 0 Å².